The third-order valence-corrected chi connectivity index (χ3v) is 2.56. The minimum atomic E-state index is -0.214. The van der Waals surface area contributed by atoms with E-state index in [0.717, 1.165) is 11.3 Å². The van der Waals surface area contributed by atoms with Crippen LogP contribution in [0, 0.1) is 0 Å². The average Bonchev–Trinajstić information content (AvgIpc) is 2.47. The van der Waals surface area contributed by atoms with Gasteiger partial charge in [-0.05, 0) is 18.2 Å². The molecule has 2 N–H and O–H groups in total. The number of hydrogen-bond donors (Lipinski definition) is 2. The van der Waals surface area contributed by atoms with E-state index in [1.54, 1.807) is 18.3 Å². The van der Waals surface area contributed by atoms with Crippen molar-refractivity contribution in [2.24, 2.45) is 0 Å². The van der Waals surface area contributed by atoms with Crippen molar-refractivity contribution >= 4 is 11.8 Å². The Kier molecular flexibility index (Phi) is 4.10. The molecule has 2 rings (SSSR count). The molecule has 5 heteroatoms. The highest BCUT2D eigenvalue weighted by Gasteiger charge is 2.04. The van der Waals surface area contributed by atoms with Crippen molar-refractivity contribution in [3.63, 3.8) is 0 Å². The van der Waals surface area contributed by atoms with Crippen LogP contribution in [0.5, 0.6) is 11.6 Å². The topological polar surface area (TPSA) is 67.3 Å². The smallest absolute Gasteiger partial charge is 0.222 e. The first-order chi connectivity index (χ1) is 9.26. The molecule has 98 valence electrons. The second-order valence-corrected chi connectivity index (χ2v) is 3.77. The molecule has 0 radical (unpaired) electrons. The van der Waals surface area contributed by atoms with Gasteiger partial charge in [-0.15, -0.1) is 0 Å². The molecule has 0 saturated heterocycles. The maximum atomic E-state index is 8.98. The lowest BCUT2D eigenvalue weighted by Gasteiger charge is -2.09. The lowest BCUT2D eigenvalue weighted by atomic mass is 10.1. The van der Waals surface area contributed by atoms with Gasteiger partial charge in [0.25, 0.3) is 0 Å². The molecule has 0 aliphatic heterocycles. The van der Waals surface area contributed by atoms with Crippen LogP contribution in [0.15, 0.2) is 37.0 Å². The summed E-state index contributed by atoms with van der Waals surface area (Å²) in [4.78, 5) is 7.95. The van der Waals surface area contributed by atoms with Crippen LogP contribution in [0.25, 0.3) is 6.08 Å². The summed E-state index contributed by atoms with van der Waals surface area (Å²) in [5.41, 5.74) is 1.91. The van der Waals surface area contributed by atoms with Crippen LogP contribution in [0.4, 0.5) is 5.69 Å². The zero-order chi connectivity index (χ0) is 13.7. The Morgan fingerprint density at radius 3 is 2.95 bits per heavy atom. The van der Waals surface area contributed by atoms with Crippen LogP contribution < -0.4 is 10.1 Å². The van der Waals surface area contributed by atoms with Crippen molar-refractivity contribution in [1.82, 2.24) is 9.97 Å². The molecular weight excluding hydrogens is 242 g/mol. The Hall–Kier alpha value is -2.40. The molecule has 0 amide bonds. The molecule has 2 aromatic rings. The summed E-state index contributed by atoms with van der Waals surface area (Å²) in [6.07, 6.45) is 3.29. The fourth-order valence-corrected chi connectivity index (χ4v) is 1.64. The Morgan fingerprint density at radius 2 is 2.26 bits per heavy atom. The summed E-state index contributed by atoms with van der Waals surface area (Å²) in [6, 6.07) is 7.23. The number of nitrogens with zero attached hydrogens (tertiary/aromatic N) is 2. The van der Waals surface area contributed by atoms with E-state index < -0.39 is 0 Å². The van der Waals surface area contributed by atoms with E-state index in [2.05, 4.69) is 21.9 Å². The number of hydrogen-bond acceptors (Lipinski definition) is 5. The lowest BCUT2D eigenvalue weighted by Crippen LogP contribution is -1.97. The summed E-state index contributed by atoms with van der Waals surface area (Å²) in [7, 11) is 1.85. The SMILES string of the molecule is C=Cc1cc(Oc2ccnc(CO)n2)ccc1NC. The van der Waals surface area contributed by atoms with Gasteiger partial charge in [0.15, 0.2) is 5.82 Å². The molecule has 1 heterocycles. The van der Waals surface area contributed by atoms with E-state index in [0.29, 0.717) is 17.5 Å². The number of aliphatic hydroxyl groups is 1. The zero-order valence-corrected chi connectivity index (χ0v) is 10.6. The molecule has 0 aliphatic carbocycles. The van der Waals surface area contributed by atoms with E-state index in [4.69, 9.17) is 9.84 Å². The summed E-state index contributed by atoms with van der Waals surface area (Å²) >= 11 is 0. The number of anilines is 1. The van der Waals surface area contributed by atoms with Crippen molar-refractivity contribution in [2.45, 2.75) is 6.61 Å². The molecule has 0 aliphatic rings. The van der Waals surface area contributed by atoms with Gasteiger partial charge in [-0.1, -0.05) is 12.7 Å². The number of benzene rings is 1. The monoisotopic (exact) mass is 257 g/mol. The first kappa shape index (κ1) is 13.0. The lowest BCUT2D eigenvalue weighted by molar-refractivity contribution is 0.269. The first-order valence-corrected chi connectivity index (χ1v) is 5.81. The van der Waals surface area contributed by atoms with Gasteiger partial charge in [0.05, 0.1) is 0 Å². The molecule has 0 spiro atoms. The maximum Gasteiger partial charge on any atom is 0.222 e. The minimum Gasteiger partial charge on any atom is -0.439 e. The number of rotatable bonds is 5. The van der Waals surface area contributed by atoms with E-state index >= 15 is 0 Å². The highest BCUT2D eigenvalue weighted by Crippen LogP contribution is 2.25. The first-order valence-electron chi connectivity index (χ1n) is 5.81. The normalized spacial score (nSPS) is 10.0. The Labute approximate surface area is 111 Å². The van der Waals surface area contributed by atoms with Crippen molar-refractivity contribution < 1.29 is 9.84 Å². The van der Waals surface area contributed by atoms with E-state index in [1.807, 2.05) is 25.2 Å². The van der Waals surface area contributed by atoms with E-state index in [9.17, 15) is 0 Å². The molecule has 0 unspecified atom stereocenters. The largest absolute Gasteiger partial charge is 0.439 e. The van der Waals surface area contributed by atoms with Gasteiger partial charge in [-0.3, -0.25) is 0 Å². The molecule has 0 saturated carbocycles. The molecule has 0 fully saturated rings. The standard InChI is InChI=1S/C14H15N3O2/c1-3-10-8-11(4-5-12(10)15-2)19-14-6-7-16-13(9-18)17-14/h3-8,15,18H,1,9H2,2H3. The van der Waals surface area contributed by atoms with Crippen LogP contribution in [0.3, 0.4) is 0 Å². The van der Waals surface area contributed by atoms with Gasteiger partial charge in [0, 0.05) is 30.6 Å². The van der Waals surface area contributed by atoms with Gasteiger partial charge in [-0.2, -0.15) is 4.98 Å². The van der Waals surface area contributed by atoms with Crippen molar-refractivity contribution in [1.29, 1.82) is 0 Å². The van der Waals surface area contributed by atoms with Crippen molar-refractivity contribution in [3.8, 4) is 11.6 Å². The number of nitrogens with one attached hydrogen (secondary N) is 1. The summed E-state index contributed by atoms with van der Waals surface area (Å²) in [6.45, 7) is 3.55. The fourth-order valence-electron chi connectivity index (χ4n) is 1.64. The molecule has 1 aromatic carbocycles. The number of aromatic nitrogens is 2. The quantitative estimate of drug-likeness (QED) is 0.861. The Morgan fingerprint density at radius 1 is 1.42 bits per heavy atom. The molecule has 5 nitrogen and oxygen atoms in total. The van der Waals surface area contributed by atoms with Crippen molar-refractivity contribution in [2.75, 3.05) is 12.4 Å². The molecule has 0 bridgehead atoms. The summed E-state index contributed by atoms with van der Waals surface area (Å²) in [5.74, 6) is 1.37. The summed E-state index contributed by atoms with van der Waals surface area (Å²) in [5, 5.41) is 12.0. The highest BCUT2D eigenvalue weighted by molar-refractivity contribution is 5.67. The third-order valence-electron chi connectivity index (χ3n) is 2.56. The zero-order valence-electron chi connectivity index (χ0n) is 10.6. The second-order valence-electron chi connectivity index (χ2n) is 3.77. The fraction of sp³-hybridized carbons (Fsp3) is 0.143. The molecular formula is C14H15N3O2. The third kappa shape index (κ3) is 3.08. The maximum absolute atomic E-state index is 8.98. The predicted molar refractivity (Wildman–Crippen MR) is 74.1 cm³/mol. The van der Waals surface area contributed by atoms with Crippen LogP contribution in [0.2, 0.25) is 0 Å². The van der Waals surface area contributed by atoms with E-state index in [1.165, 1.54) is 0 Å². The van der Waals surface area contributed by atoms with Crippen molar-refractivity contribution in [3.05, 3.63) is 48.4 Å². The van der Waals surface area contributed by atoms with Crippen LogP contribution >= 0.6 is 0 Å². The minimum absolute atomic E-state index is 0.214. The Bertz CT molecular complexity index is 585. The molecule has 19 heavy (non-hydrogen) atoms. The van der Waals surface area contributed by atoms with Crippen LogP contribution in [-0.2, 0) is 6.61 Å². The number of ether oxygens (including phenoxy) is 1. The van der Waals surface area contributed by atoms with E-state index in [-0.39, 0.29) is 6.61 Å². The number of aliphatic hydroxyl groups excluding tert-OH is 1. The van der Waals surface area contributed by atoms with Gasteiger partial charge in [0.1, 0.15) is 12.4 Å². The van der Waals surface area contributed by atoms with Crippen LogP contribution in [0.1, 0.15) is 11.4 Å². The summed E-state index contributed by atoms with van der Waals surface area (Å²) < 4.78 is 5.63. The van der Waals surface area contributed by atoms with Gasteiger partial charge < -0.3 is 15.2 Å². The highest BCUT2D eigenvalue weighted by atomic mass is 16.5. The molecule has 1 aromatic heterocycles. The van der Waals surface area contributed by atoms with Gasteiger partial charge in [-0.25, -0.2) is 4.98 Å². The molecule has 0 atom stereocenters. The average molecular weight is 257 g/mol. The van der Waals surface area contributed by atoms with Gasteiger partial charge >= 0.3 is 0 Å². The Balaban J connectivity index is 2.25. The predicted octanol–water partition coefficient (Wildman–Crippen LogP) is 2.45. The van der Waals surface area contributed by atoms with Crippen LogP contribution in [-0.4, -0.2) is 22.1 Å². The second kappa shape index (κ2) is 5.97. The van der Waals surface area contributed by atoms with Gasteiger partial charge in [0.2, 0.25) is 5.88 Å².